The molecule has 1 aromatic heterocycles. The number of anilines is 1. The molecule has 1 heterocycles. The van der Waals surface area contributed by atoms with E-state index in [0.29, 0.717) is 18.8 Å². The van der Waals surface area contributed by atoms with Gasteiger partial charge in [-0.05, 0) is 12.0 Å². The van der Waals surface area contributed by atoms with Gasteiger partial charge in [0, 0.05) is 13.7 Å². The molecule has 0 aliphatic carbocycles. The number of methoxy groups -OCH3 is 1. The van der Waals surface area contributed by atoms with E-state index in [9.17, 15) is 4.79 Å². The maximum atomic E-state index is 11.8. The Morgan fingerprint density at radius 1 is 1.71 bits per heavy atom. The number of pyridine rings is 1. The first-order chi connectivity index (χ1) is 8.04. The third-order valence-corrected chi connectivity index (χ3v) is 2.47. The second-order valence-corrected chi connectivity index (χ2v) is 4.24. The predicted molar refractivity (Wildman–Crippen MR) is 67.0 cm³/mol. The lowest BCUT2D eigenvalue weighted by molar-refractivity contribution is 0.0934. The van der Waals surface area contributed by atoms with Crippen LogP contribution >= 0.6 is 11.6 Å². The minimum Gasteiger partial charge on any atom is -0.397 e. The van der Waals surface area contributed by atoms with Gasteiger partial charge in [0.1, 0.15) is 5.15 Å². The van der Waals surface area contributed by atoms with Crippen molar-refractivity contribution in [1.29, 1.82) is 0 Å². The molecule has 3 N–H and O–H groups in total. The summed E-state index contributed by atoms with van der Waals surface area (Å²) < 4.78 is 4.97. The van der Waals surface area contributed by atoms with Gasteiger partial charge in [0.25, 0.3) is 5.91 Å². The average molecular weight is 258 g/mol. The Balaban J connectivity index is 2.61. The fourth-order valence-corrected chi connectivity index (χ4v) is 1.52. The smallest absolute Gasteiger partial charge is 0.254 e. The molecule has 0 fully saturated rings. The van der Waals surface area contributed by atoms with Gasteiger partial charge >= 0.3 is 0 Å². The molecule has 17 heavy (non-hydrogen) atoms. The molecule has 0 radical (unpaired) electrons. The van der Waals surface area contributed by atoms with E-state index in [-0.39, 0.29) is 22.5 Å². The van der Waals surface area contributed by atoms with Gasteiger partial charge in [-0.25, -0.2) is 4.98 Å². The highest BCUT2D eigenvalue weighted by Crippen LogP contribution is 2.15. The lowest BCUT2D eigenvalue weighted by Gasteiger charge is -2.12. The van der Waals surface area contributed by atoms with Crippen molar-refractivity contribution in [3.05, 3.63) is 23.0 Å². The molecule has 6 heteroatoms. The normalized spacial score (nSPS) is 12.2. The van der Waals surface area contributed by atoms with E-state index in [0.717, 1.165) is 0 Å². The van der Waals surface area contributed by atoms with Gasteiger partial charge < -0.3 is 15.8 Å². The third kappa shape index (κ3) is 4.20. The van der Waals surface area contributed by atoms with Crippen molar-refractivity contribution >= 4 is 23.2 Å². The van der Waals surface area contributed by atoms with Gasteiger partial charge in [-0.15, -0.1) is 0 Å². The minimum absolute atomic E-state index is 0.149. The topological polar surface area (TPSA) is 77.2 Å². The summed E-state index contributed by atoms with van der Waals surface area (Å²) in [6.45, 7) is 3.07. The van der Waals surface area contributed by atoms with Crippen molar-refractivity contribution in [3.63, 3.8) is 0 Å². The first-order valence-corrected chi connectivity index (χ1v) is 5.60. The number of ether oxygens (including phenoxy) is 1. The van der Waals surface area contributed by atoms with E-state index in [1.807, 2.05) is 6.92 Å². The Labute approximate surface area is 105 Å². The molecule has 0 aliphatic heterocycles. The molecule has 0 saturated heterocycles. The van der Waals surface area contributed by atoms with Crippen molar-refractivity contribution in [1.82, 2.24) is 10.3 Å². The quantitative estimate of drug-likeness (QED) is 0.780. The summed E-state index contributed by atoms with van der Waals surface area (Å²) in [4.78, 5) is 15.6. The highest BCUT2D eigenvalue weighted by atomic mass is 35.5. The molecule has 1 rings (SSSR count). The van der Waals surface area contributed by atoms with Crippen molar-refractivity contribution in [2.24, 2.45) is 5.92 Å². The van der Waals surface area contributed by atoms with Crippen molar-refractivity contribution in [2.75, 3.05) is 26.0 Å². The first-order valence-electron chi connectivity index (χ1n) is 5.22. The number of nitrogens with two attached hydrogens (primary N) is 1. The van der Waals surface area contributed by atoms with Crippen LogP contribution < -0.4 is 11.1 Å². The lowest BCUT2D eigenvalue weighted by atomic mass is 10.2. The van der Waals surface area contributed by atoms with E-state index in [1.54, 1.807) is 7.11 Å². The summed E-state index contributed by atoms with van der Waals surface area (Å²) >= 11 is 5.82. The number of carbonyl (C=O) groups is 1. The van der Waals surface area contributed by atoms with E-state index in [4.69, 9.17) is 22.1 Å². The molecule has 0 aliphatic rings. The molecule has 1 atom stereocenters. The number of nitrogen functional groups attached to an aromatic ring is 1. The second-order valence-electron chi connectivity index (χ2n) is 3.88. The minimum atomic E-state index is -0.280. The molecule has 0 saturated carbocycles. The molecular weight excluding hydrogens is 242 g/mol. The summed E-state index contributed by atoms with van der Waals surface area (Å²) in [6, 6.07) is 1.51. The van der Waals surface area contributed by atoms with Crippen molar-refractivity contribution in [2.45, 2.75) is 6.92 Å². The summed E-state index contributed by atoms with van der Waals surface area (Å²) in [7, 11) is 1.62. The number of hydrogen-bond donors (Lipinski definition) is 2. The van der Waals surface area contributed by atoms with Crippen LogP contribution in [0.15, 0.2) is 12.3 Å². The molecule has 5 nitrogen and oxygen atoms in total. The molecule has 1 amide bonds. The number of nitrogens with one attached hydrogen (secondary N) is 1. The monoisotopic (exact) mass is 257 g/mol. The maximum absolute atomic E-state index is 11.8. The molecule has 0 bridgehead atoms. The zero-order chi connectivity index (χ0) is 12.8. The third-order valence-electron chi connectivity index (χ3n) is 2.17. The molecule has 0 aromatic carbocycles. The summed E-state index contributed by atoms with van der Waals surface area (Å²) in [6.07, 6.45) is 1.41. The number of aromatic nitrogens is 1. The maximum Gasteiger partial charge on any atom is 0.254 e. The van der Waals surface area contributed by atoms with Gasteiger partial charge in [0.15, 0.2) is 0 Å². The highest BCUT2D eigenvalue weighted by Gasteiger charge is 2.12. The van der Waals surface area contributed by atoms with E-state index in [1.165, 1.54) is 12.3 Å². The van der Waals surface area contributed by atoms with Gasteiger partial charge in [0.2, 0.25) is 0 Å². The average Bonchev–Trinajstić information content (AvgIpc) is 2.29. The number of rotatable bonds is 5. The van der Waals surface area contributed by atoms with Gasteiger partial charge in [-0.3, -0.25) is 4.79 Å². The van der Waals surface area contributed by atoms with E-state index < -0.39 is 0 Å². The second kappa shape index (κ2) is 6.42. The van der Waals surface area contributed by atoms with E-state index in [2.05, 4.69) is 10.3 Å². The predicted octanol–water partition coefficient (Wildman–Crippen LogP) is 1.33. The Bertz CT molecular complexity index is 398. The fourth-order valence-electron chi connectivity index (χ4n) is 1.33. The van der Waals surface area contributed by atoms with Gasteiger partial charge in [0.05, 0.1) is 24.1 Å². The summed E-state index contributed by atoms with van der Waals surface area (Å²) in [5.74, 6) is -0.0468. The van der Waals surface area contributed by atoms with Crippen LogP contribution in [0, 0.1) is 5.92 Å². The lowest BCUT2D eigenvalue weighted by Crippen LogP contribution is -2.30. The molecular formula is C11H16ClN3O2. The molecule has 1 aromatic rings. The van der Waals surface area contributed by atoms with Crippen LogP contribution in [0.5, 0.6) is 0 Å². The van der Waals surface area contributed by atoms with Gasteiger partial charge in [-0.1, -0.05) is 18.5 Å². The van der Waals surface area contributed by atoms with Crippen molar-refractivity contribution in [3.8, 4) is 0 Å². The van der Waals surface area contributed by atoms with Crippen LogP contribution in [0.2, 0.25) is 5.15 Å². The van der Waals surface area contributed by atoms with Crippen LogP contribution in [0.4, 0.5) is 5.69 Å². The number of hydrogen-bond acceptors (Lipinski definition) is 4. The van der Waals surface area contributed by atoms with Crippen LogP contribution in [0.3, 0.4) is 0 Å². The zero-order valence-electron chi connectivity index (χ0n) is 9.87. The Kier molecular flexibility index (Phi) is 5.18. The summed E-state index contributed by atoms with van der Waals surface area (Å²) in [5, 5.41) is 2.90. The zero-order valence-corrected chi connectivity index (χ0v) is 10.6. The Morgan fingerprint density at radius 2 is 2.41 bits per heavy atom. The number of amides is 1. The molecule has 94 valence electrons. The Morgan fingerprint density at radius 3 is 3.06 bits per heavy atom. The highest BCUT2D eigenvalue weighted by molar-refractivity contribution is 6.32. The van der Waals surface area contributed by atoms with E-state index >= 15 is 0 Å². The van der Waals surface area contributed by atoms with Crippen LogP contribution in [0.25, 0.3) is 0 Å². The Hall–Kier alpha value is -1.33. The number of carbonyl (C=O) groups excluding carboxylic acids is 1. The fraction of sp³-hybridized carbons (Fsp3) is 0.455. The molecule has 0 spiro atoms. The van der Waals surface area contributed by atoms with Gasteiger partial charge in [-0.2, -0.15) is 0 Å². The van der Waals surface area contributed by atoms with Crippen LogP contribution in [-0.4, -0.2) is 31.2 Å². The number of nitrogens with zero attached hydrogens (tertiary/aromatic N) is 1. The van der Waals surface area contributed by atoms with Crippen LogP contribution in [-0.2, 0) is 4.74 Å². The van der Waals surface area contributed by atoms with Crippen molar-refractivity contribution < 1.29 is 9.53 Å². The SMILES string of the molecule is COCC(C)CNC(=O)c1cc(N)cnc1Cl. The largest absolute Gasteiger partial charge is 0.397 e. The standard InChI is InChI=1S/C11H16ClN3O2/c1-7(6-17-2)4-15-11(16)9-3-8(13)5-14-10(9)12/h3,5,7H,4,6,13H2,1-2H3,(H,15,16). The van der Waals surface area contributed by atoms with Crippen LogP contribution in [0.1, 0.15) is 17.3 Å². The number of halogens is 1. The summed E-state index contributed by atoms with van der Waals surface area (Å²) in [5.41, 5.74) is 6.24. The first kappa shape index (κ1) is 13.7. The molecule has 1 unspecified atom stereocenters.